The number of rotatable bonds is 6. The minimum Gasteiger partial charge on any atom is -0.462 e. The number of esters is 1. The number of carbonyl (C=O) groups excluding carboxylic acids is 1. The molecule has 0 amide bonds. The van der Waals surface area contributed by atoms with Crippen LogP contribution in [0.1, 0.15) is 28.7 Å². The van der Waals surface area contributed by atoms with Gasteiger partial charge in [0.25, 0.3) is 0 Å². The predicted molar refractivity (Wildman–Crippen MR) is 103 cm³/mol. The van der Waals surface area contributed by atoms with Crippen molar-refractivity contribution in [2.24, 2.45) is 0 Å². The maximum Gasteiger partial charge on any atom is 0.357 e. The molecule has 2 N–H and O–H groups in total. The Morgan fingerprint density at radius 2 is 2.00 bits per heavy atom. The van der Waals surface area contributed by atoms with Gasteiger partial charge >= 0.3 is 22.9 Å². The number of carbonyl (C=O) groups is 1. The number of nitrogens with one attached hydrogen (secondary N) is 2. The molecular weight excluding hydrogens is 382 g/mol. The molecule has 2 aromatic heterocycles. The molecule has 0 atom stereocenters. The summed E-state index contributed by atoms with van der Waals surface area (Å²) in [6.45, 7) is 1.97. The number of benzene rings is 1. The second-order valence-corrected chi connectivity index (χ2v) is 5.76. The standard InChI is InChI=1S/C19H15N3O7/c1-2-28-18(24)12-5-3-4-11(10-12)15-9-7-13(29-15)6-8-14-16(22(26)27)17(23)21-19(25)20-14/h3-10H,2H2,1H3,(H2,20,21,23,25). The van der Waals surface area contributed by atoms with E-state index in [0.29, 0.717) is 22.6 Å². The third-order valence-electron chi connectivity index (χ3n) is 3.83. The quantitative estimate of drug-likeness (QED) is 0.369. The molecule has 0 saturated heterocycles. The lowest BCUT2D eigenvalue weighted by Gasteiger charge is -2.03. The monoisotopic (exact) mass is 397 g/mol. The van der Waals surface area contributed by atoms with Crippen LogP contribution in [-0.2, 0) is 4.74 Å². The second-order valence-electron chi connectivity index (χ2n) is 5.76. The van der Waals surface area contributed by atoms with Crippen LogP contribution in [0.25, 0.3) is 23.5 Å². The van der Waals surface area contributed by atoms with E-state index >= 15 is 0 Å². The molecule has 10 nitrogen and oxygen atoms in total. The van der Waals surface area contributed by atoms with Crippen molar-refractivity contribution in [3.05, 3.63) is 84.4 Å². The number of nitro groups is 1. The molecule has 0 fully saturated rings. The van der Waals surface area contributed by atoms with Gasteiger partial charge in [0.2, 0.25) is 0 Å². The van der Waals surface area contributed by atoms with Gasteiger partial charge in [0.05, 0.1) is 17.1 Å². The van der Waals surface area contributed by atoms with Crippen LogP contribution in [0.4, 0.5) is 5.69 Å². The molecule has 10 heteroatoms. The first kappa shape index (κ1) is 19.5. The minimum atomic E-state index is -1.10. The summed E-state index contributed by atoms with van der Waals surface area (Å²) >= 11 is 0. The van der Waals surface area contributed by atoms with Crippen LogP contribution >= 0.6 is 0 Å². The van der Waals surface area contributed by atoms with Crippen LogP contribution in [0, 0.1) is 10.1 Å². The van der Waals surface area contributed by atoms with Gasteiger partial charge in [0.15, 0.2) is 0 Å². The van der Waals surface area contributed by atoms with Gasteiger partial charge in [-0.2, -0.15) is 0 Å². The summed E-state index contributed by atoms with van der Waals surface area (Å²) in [5.74, 6) is 0.313. The zero-order valence-electron chi connectivity index (χ0n) is 15.1. The molecule has 0 spiro atoms. The largest absolute Gasteiger partial charge is 0.462 e. The summed E-state index contributed by atoms with van der Waals surface area (Å²) < 4.78 is 10.6. The molecule has 0 aliphatic rings. The lowest BCUT2D eigenvalue weighted by Crippen LogP contribution is -2.25. The number of hydrogen-bond acceptors (Lipinski definition) is 7. The Balaban J connectivity index is 1.90. The highest BCUT2D eigenvalue weighted by molar-refractivity contribution is 5.90. The predicted octanol–water partition coefficient (Wildman–Crippen LogP) is 2.58. The Morgan fingerprint density at radius 3 is 2.72 bits per heavy atom. The fraction of sp³-hybridized carbons (Fsp3) is 0.105. The number of aromatic amines is 2. The zero-order chi connectivity index (χ0) is 21.0. The van der Waals surface area contributed by atoms with Crippen molar-refractivity contribution < 1.29 is 18.9 Å². The molecule has 1 aromatic carbocycles. The average Bonchev–Trinajstić information content (AvgIpc) is 3.15. The van der Waals surface area contributed by atoms with Crippen molar-refractivity contribution in [3.8, 4) is 11.3 Å². The van der Waals surface area contributed by atoms with Gasteiger partial charge in [0.1, 0.15) is 17.2 Å². The lowest BCUT2D eigenvalue weighted by molar-refractivity contribution is -0.386. The van der Waals surface area contributed by atoms with Crippen LogP contribution in [0.3, 0.4) is 0 Å². The van der Waals surface area contributed by atoms with Crippen molar-refractivity contribution in [1.29, 1.82) is 0 Å². The first-order chi connectivity index (χ1) is 13.9. The SMILES string of the molecule is CCOC(=O)c1cccc(-c2ccc(C=Cc3[nH]c(=O)[nH]c(=O)c3[N+](=O)[O-])o2)c1. The Bertz CT molecular complexity index is 1220. The summed E-state index contributed by atoms with van der Waals surface area (Å²) in [7, 11) is 0. The van der Waals surface area contributed by atoms with Gasteiger partial charge in [-0.3, -0.25) is 19.9 Å². The molecular formula is C19H15N3O7. The number of hydrogen-bond donors (Lipinski definition) is 2. The lowest BCUT2D eigenvalue weighted by atomic mass is 10.1. The number of furan rings is 1. The molecule has 2 heterocycles. The third kappa shape index (κ3) is 4.38. The minimum absolute atomic E-state index is 0.258. The molecule has 0 radical (unpaired) electrons. The normalized spacial score (nSPS) is 10.9. The van der Waals surface area contributed by atoms with Gasteiger partial charge in [-0.25, -0.2) is 9.59 Å². The van der Waals surface area contributed by atoms with E-state index < -0.39 is 27.8 Å². The fourth-order valence-electron chi connectivity index (χ4n) is 2.58. The molecule has 0 unspecified atom stereocenters. The highest BCUT2D eigenvalue weighted by atomic mass is 16.6. The van der Waals surface area contributed by atoms with Gasteiger partial charge in [-0.1, -0.05) is 12.1 Å². The van der Waals surface area contributed by atoms with Crippen molar-refractivity contribution in [2.45, 2.75) is 6.92 Å². The number of H-pyrrole nitrogens is 2. The van der Waals surface area contributed by atoms with Crippen molar-refractivity contribution in [1.82, 2.24) is 9.97 Å². The van der Waals surface area contributed by atoms with Gasteiger partial charge in [-0.05, 0) is 43.3 Å². The third-order valence-corrected chi connectivity index (χ3v) is 3.83. The highest BCUT2D eigenvalue weighted by Crippen LogP contribution is 2.24. The summed E-state index contributed by atoms with van der Waals surface area (Å²) in [5.41, 5.74) is -2.01. The molecule has 0 aliphatic heterocycles. The molecule has 0 saturated carbocycles. The number of nitrogens with zero attached hydrogens (tertiary/aromatic N) is 1. The van der Waals surface area contributed by atoms with E-state index in [1.807, 2.05) is 0 Å². The van der Waals surface area contributed by atoms with E-state index in [1.165, 1.54) is 12.2 Å². The van der Waals surface area contributed by atoms with Gasteiger partial charge in [0, 0.05) is 5.56 Å². The average molecular weight is 397 g/mol. The van der Waals surface area contributed by atoms with E-state index in [0.717, 1.165) is 0 Å². The summed E-state index contributed by atoms with van der Waals surface area (Å²) in [6.07, 6.45) is 2.57. The van der Waals surface area contributed by atoms with Crippen LogP contribution in [0.15, 0.2) is 50.4 Å². The summed E-state index contributed by atoms with van der Waals surface area (Å²) in [6, 6.07) is 9.91. The molecule has 0 aliphatic carbocycles. The van der Waals surface area contributed by atoms with E-state index in [1.54, 1.807) is 48.3 Å². The van der Waals surface area contributed by atoms with E-state index in [9.17, 15) is 24.5 Å². The van der Waals surface area contributed by atoms with Crippen molar-refractivity contribution in [2.75, 3.05) is 6.61 Å². The molecule has 0 bridgehead atoms. The first-order valence-corrected chi connectivity index (χ1v) is 8.45. The molecule has 3 rings (SSSR count). The topological polar surface area (TPSA) is 148 Å². The van der Waals surface area contributed by atoms with E-state index in [4.69, 9.17) is 9.15 Å². The van der Waals surface area contributed by atoms with Crippen molar-refractivity contribution >= 4 is 23.8 Å². The Labute approximate surface area is 162 Å². The second kappa shape index (κ2) is 8.21. The van der Waals surface area contributed by atoms with Crippen molar-refractivity contribution in [3.63, 3.8) is 0 Å². The molecule has 29 heavy (non-hydrogen) atoms. The summed E-state index contributed by atoms with van der Waals surface area (Å²) in [4.78, 5) is 49.1. The van der Waals surface area contributed by atoms with E-state index in [-0.39, 0.29) is 12.3 Å². The smallest absolute Gasteiger partial charge is 0.357 e. The first-order valence-electron chi connectivity index (χ1n) is 8.45. The van der Waals surface area contributed by atoms with Crippen LogP contribution in [-0.4, -0.2) is 27.5 Å². The Hall–Kier alpha value is -4.21. The van der Waals surface area contributed by atoms with Gasteiger partial charge in [-0.15, -0.1) is 0 Å². The molecule has 3 aromatic rings. The van der Waals surface area contributed by atoms with Crippen LogP contribution in [0.2, 0.25) is 0 Å². The van der Waals surface area contributed by atoms with Gasteiger partial charge < -0.3 is 14.1 Å². The van der Waals surface area contributed by atoms with Crippen LogP contribution < -0.4 is 11.2 Å². The Kier molecular flexibility index (Phi) is 5.54. The number of aromatic nitrogens is 2. The maximum atomic E-state index is 11.9. The molecule has 148 valence electrons. The Morgan fingerprint density at radius 1 is 1.21 bits per heavy atom. The fourth-order valence-corrected chi connectivity index (χ4v) is 2.58. The highest BCUT2D eigenvalue weighted by Gasteiger charge is 2.19. The summed E-state index contributed by atoms with van der Waals surface area (Å²) in [5, 5.41) is 11.1. The van der Waals surface area contributed by atoms with Crippen LogP contribution in [0.5, 0.6) is 0 Å². The zero-order valence-corrected chi connectivity index (χ0v) is 15.1. The van der Waals surface area contributed by atoms with E-state index in [2.05, 4.69) is 4.98 Å². The maximum absolute atomic E-state index is 11.9. The number of ether oxygens (including phenoxy) is 1.